The first-order valence-corrected chi connectivity index (χ1v) is 4.32. The minimum absolute atomic E-state index is 0.597. The molecule has 0 aliphatic heterocycles. The largest absolute Gasteiger partial charge is 0.360 e. The molecule has 1 fully saturated rings. The van der Waals surface area contributed by atoms with E-state index in [4.69, 9.17) is 4.52 Å². The summed E-state index contributed by atoms with van der Waals surface area (Å²) < 4.78 is 5.19. The van der Waals surface area contributed by atoms with Crippen LogP contribution in [0.4, 0.5) is 0 Å². The lowest BCUT2D eigenvalue weighted by atomic mass is 10.2. The van der Waals surface area contributed by atoms with Crippen LogP contribution >= 0.6 is 0 Å². The van der Waals surface area contributed by atoms with Crippen LogP contribution in [-0.2, 0) is 0 Å². The maximum Gasteiger partial charge on any atom is 0.140 e. The van der Waals surface area contributed by atoms with Crippen LogP contribution in [0.1, 0.15) is 24.5 Å². The Morgan fingerprint density at radius 3 is 3.15 bits per heavy atom. The third-order valence-corrected chi connectivity index (χ3v) is 2.20. The first kappa shape index (κ1) is 6.88. The van der Waals surface area contributed by atoms with E-state index in [-0.39, 0.29) is 0 Å². The van der Waals surface area contributed by atoms with Gasteiger partial charge >= 0.3 is 0 Å². The van der Waals surface area contributed by atoms with E-state index in [2.05, 4.69) is 21.4 Å². The molecule has 13 heavy (non-hydrogen) atoms. The van der Waals surface area contributed by atoms with E-state index < -0.39 is 0 Å². The standard InChI is InChI=1S/C9H8N3O/c1-2-6(1)9-5-8(12-13-9)7-3-4-10-11-7/h4-6H,1-2H2,(H,10,11). The van der Waals surface area contributed by atoms with Crippen molar-refractivity contribution in [2.45, 2.75) is 18.8 Å². The topological polar surface area (TPSA) is 54.7 Å². The molecule has 0 unspecified atom stereocenters. The number of rotatable bonds is 2. The Balaban J connectivity index is 1.97. The van der Waals surface area contributed by atoms with Crippen LogP contribution in [0.3, 0.4) is 0 Å². The molecule has 2 heterocycles. The maximum absolute atomic E-state index is 5.19. The number of H-pyrrole nitrogens is 1. The van der Waals surface area contributed by atoms with Gasteiger partial charge in [-0.05, 0) is 12.8 Å². The molecule has 0 bridgehead atoms. The summed E-state index contributed by atoms with van der Waals surface area (Å²) in [6, 6.07) is 4.89. The highest BCUT2D eigenvalue weighted by Crippen LogP contribution is 2.40. The number of hydrogen-bond acceptors (Lipinski definition) is 3. The van der Waals surface area contributed by atoms with E-state index >= 15 is 0 Å². The summed E-state index contributed by atoms with van der Waals surface area (Å²) in [4.78, 5) is 0. The van der Waals surface area contributed by atoms with Crippen LogP contribution in [0.15, 0.2) is 16.8 Å². The lowest BCUT2D eigenvalue weighted by Crippen LogP contribution is -1.75. The molecular weight excluding hydrogens is 166 g/mol. The average molecular weight is 174 g/mol. The molecule has 4 nitrogen and oxygen atoms in total. The minimum Gasteiger partial charge on any atom is -0.360 e. The second kappa shape index (κ2) is 2.45. The van der Waals surface area contributed by atoms with Crippen LogP contribution in [0.2, 0.25) is 0 Å². The zero-order chi connectivity index (χ0) is 8.67. The normalized spacial score (nSPS) is 16.3. The number of aromatic amines is 1. The van der Waals surface area contributed by atoms with E-state index in [0.717, 1.165) is 17.1 Å². The van der Waals surface area contributed by atoms with Crippen molar-refractivity contribution >= 4 is 0 Å². The van der Waals surface area contributed by atoms with Gasteiger partial charge in [0.15, 0.2) is 0 Å². The molecule has 0 aromatic carbocycles. The quantitative estimate of drug-likeness (QED) is 0.754. The van der Waals surface area contributed by atoms with Crippen molar-refractivity contribution in [2.75, 3.05) is 0 Å². The zero-order valence-corrected chi connectivity index (χ0v) is 6.95. The third-order valence-electron chi connectivity index (χ3n) is 2.20. The van der Waals surface area contributed by atoms with Gasteiger partial charge in [-0.3, -0.25) is 5.10 Å². The molecule has 3 rings (SSSR count). The van der Waals surface area contributed by atoms with Gasteiger partial charge in [-0.1, -0.05) is 5.16 Å². The molecule has 2 aromatic heterocycles. The van der Waals surface area contributed by atoms with Gasteiger partial charge in [0, 0.05) is 24.2 Å². The summed E-state index contributed by atoms with van der Waals surface area (Å²) in [7, 11) is 0. The molecule has 0 spiro atoms. The summed E-state index contributed by atoms with van der Waals surface area (Å²) in [5, 5.41) is 10.6. The Labute approximate surface area is 74.9 Å². The maximum atomic E-state index is 5.19. The molecule has 2 aromatic rings. The molecule has 0 saturated heterocycles. The van der Waals surface area contributed by atoms with Gasteiger partial charge in [0.05, 0.1) is 0 Å². The zero-order valence-electron chi connectivity index (χ0n) is 6.95. The first-order valence-electron chi connectivity index (χ1n) is 4.32. The lowest BCUT2D eigenvalue weighted by molar-refractivity contribution is 0.386. The third kappa shape index (κ3) is 1.14. The van der Waals surface area contributed by atoms with E-state index in [1.807, 2.05) is 6.07 Å². The van der Waals surface area contributed by atoms with E-state index in [1.54, 1.807) is 6.20 Å². The number of aromatic nitrogens is 3. The highest BCUT2D eigenvalue weighted by Gasteiger charge is 2.28. The number of hydrogen-bond donors (Lipinski definition) is 1. The molecule has 1 N–H and O–H groups in total. The summed E-state index contributed by atoms with van der Waals surface area (Å²) in [6.07, 6.45) is 4.10. The second-order valence-corrected chi connectivity index (χ2v) is 3.27. The Hall–Kier alpha value is -1.58. The predicted molar refractivity (Wildman–Crippen MR) is 44.9 cm³/mol. The Bertz CT molecular complexity index is 400. The molecule has 1 aliphatic rings. The van der Waals surface area contributed by atoms with Crippen LogP contribution in [0.25, 0.3) is 11.4 Å². The molecule has 0 amide bonds. The van der Waals surface area contributed by atoms with E-state index in [1.165, 1.54) is 12.8 Å². The van der Waals surface area contributed by atoms with Crippen LogP contribution < -0.4 is 0 Å². The highest BCUT2D eigenvalue weighted by atomic mass is 16.5. The molecule has 1 aliphatic carbocycles. The van der Waals surface area contributed by atoms with Gasteiger partial charge < -0.3 is 4.52 Å². The van der Waals surface area contributed by atoms with Gasteiger partial charge in [0.25, 0.3) is 0 Å². The van der Waals surface area contributed by atoms with E-state index in [0.29, 0.717) is 5.92 Å². The summed E-state index contributed by atoms with van der Waals surface area (Å²) in [5.41, 5.74) is 1.49. The monoisotopic (exact) mass is 174 g/mol. The number of nitrogens with one attached hydrogen (secondary N) is 1. The van der Waals surface area contributed by atoms with Crippen LogP contribution in [0, 0.1) is 6.07 Å². The number of nitrogens with zero attached hydrogens (tertiary/aromatic N) is 2. The average Bonchev–Trinajstić information content (AvgIpc) is 2.72. The predicted octanol–water partition coefficient (Wildman–Crippen LogP) is 1.74. The fourth-order valence-corrected chi connectivity index (χ4v) is 1.32. The summed E-state index contributed by atoms with van der Waals surface area (Å²) in [6.45, 7) is 0. The van der Waals surface area contributed by atoms with Gasteiger partial charge in [0.1, 0.15) is 17.1 Å². The van der Waals surface area contributed by atoms with Gasteiger partial charge in [0.2, 0.25) is 0 Å². The van der Waals surface area contributed by atoms with Crippen molar-refractivity contribution in [1.82, 2.24) is 15.4 Å². The van der Waals surface area contributed by atoms with Crippen LogP contribution in [0.5, 0.6) is 0 Å². The molecule has 65 valence electrons. The van der Waals surface area contributed by atoms with Crippen molar-refractivity contribution in [2.24, 2.45) is 0 Å². The fraction of sp³-hybridized carbons (Fsp3) is 0.333. The van der Waals surface area contributed by atoms with Gasteiger partial charge in [-0.15, -0.1) is 0 Å². The highest BCUT2D eigenvalue weighted by molar-refractivity contribution is 5.52. The van der Waals surface area contributed by atoms with Crippen LogP contribution in [-0.4, -0.2) is 15.4 Å². The molecule has 1 saturated carbocycles. The summed E-state index contributed by atoms with van der Waals surface area (Å²) in [5.74, 6) is 1.58. The van der Waals surface area contributed by atoms with Crippen molar-refractivity contribution in [3.8, 4) is 11.4 Å². The smallest absolute Gasteiger partial charge is 0.140 e. The van der Waals surface area contributed by atoms with Crippen molar-refractivity contribution in [3.05, 3.63) is 24.1 Å². The van der Waals surface area contributed by atoms with Crippen molar-refractivity contribution < 1.29 is 4.52 Å². The second-order valence-electron chi connectivity index (χ2n) is 3.27. The van der Waals surface area contributed by atoms with Crippen molar-refractivity contribution in [3.63, 3.8) is 0 Å². The molecular formula is C9H8N3O. The Morgan fingerprint density at radius 2 is 2.46 bits per heavy atom. The SMILES string of the molecule is [c]1c[nH]nc1-c1cc(C2CC2)on1. The van der Waals surface area contributed by atoms with Crippen molar-refractivity contribution in [1.29, 1.82) is 0 Å². The Kier molecular flexibility index (Phi) is 1.30. The molecule has 4 heteroatoms. The summed E-state index contributed by atoms with van der Waals surface area (Å²) >= 11 is 0. The van der Waals surface area contributed by atoms with Gasteiger partial charge in [-0.25, -0.2) is 0 Å². The molecule has 1 radical (unpaired) electrons. The minimum atomic E-state index is 0.597. The Morgan fingerprint density at radius 1 is 1.54 bits per heavy atom. The lowest BCUT2D eigenvalue weighted by Gasteiger charge is -1.81. The van der Waals surface area contributed by atoms with E-state index in [9.17, 15) is 0 Å². The van der Waals surface area contributed by atoms with Gasteiger partial charge in [-0.2, -0.15) is 5.10 Å². The first-order chi connectivity index (χ1) is 6.43. The fourth-order valence-electron chi connectivity index (χ4n) is 1.32. The molecule has 0 atom stereocenters.